The molecule has 0 saturated heterocycles. The Morgan fingerprint density at radius 1 is 1.16 bits per heavy atom. The van der Waals surface area contributed by atoms with Crippen molar-refractivity contribution in [1.29, 1.82) is 0 Å². The molecule has 0 aliphatic heterocycles. The first-order valence-electron chi connectivity index (χ1n) is 6.55. The largest absolute Gasteiger partial charge is 0.354 e. The van der Waals surface area contributed by atoms with Crippen LogP contribution >= 0.6 is 0 Å². The SMILES string of the molecule is CN(Cc1ccccc1)C(=O)CCc1cccn1C. The first kappa shape index (κ1) is 13.4. The fourth-order valence-corrected chi connectivity index (χ4v) is 2.13. The molecule has 1 heterocycles. The molecule has 0 spiro atoms. The number of benzene rings is 1. The zero-order valence-electron chi connectivity index (χ0n) is 11.5. The number of aromatic nitrogens is 1. The van der Waals surface area contributed by atoms with Gasteiger partial charge in [-0.2, -0.15) is 0 Å². The van der Waals surface area contributed by atoms with E-state index in [0.717, 1.165) is 12.0 Å². The van der Waals surface area contributed by atoms with Crippen LogP contribution in [-0.2, 0) is 24.8 Å². The van der Waals surface area contributed by atoms with Crippen LogP contribution in [0.2, 0.25) is 0 Å². The molecule has 0 atom stereocenters. The van der Waals surface area contributed by atoms with Crippen molar-refractivity contribution in [2.45, 2.75) is 19.4 Å². The summed E-state index contributed by atoms with van der Waals surface area (Å²) in [7, 11) is 3.87. The first-order chi connectivity index (χ1) is 9.16. The highest BCUT2D eigenvalue weighted by molar-refractivity contribution is 5.76. The molecular formula is C16H20N2O. The van der Waals surface area contributed by atoms with E-state index < -0.39 is 0 Å². The fourth-order valence-electron chi connectivity index (χ4n) is 2.13. The summed E-state index contributed by atoms with van der Waals surface area (Å²) in [5.74, 6) is 0.185. The standard InChI is InChI=1S/C16H20N2O/c1-17-12-6-9-15(17)10-11-16(19)18(2)13-14-7-4-3-5-8-14/h3-9,12H,10-11,13H2,1-2H3. The summed E-state index contributed by atoms with van der Waals surface area (Å²) in [4.78, 5) is 13.9. The zero-order chi connectivity index (χ0) is 13.7. The number of carbonyl (C=O) groups is 1. The third-order valence-corrected chi connectivity index (χ3v) is 3.33. The van der Waals surface area contributed by atoms with Crippen molar-refractivity contribution in [3.8, 4) is 0 Å². The predicted molar refractivity (Wildman–Crippen MR) is 76.7 cm³/mol. The van der Waals surface area contributed by atoms with Gasteiger partial charge < -0.3 is 9.47 Å². The Bertz CT molecular complexity index is 531. The van der Waals surface area contributed by atoms with Gasteiger partial charge in [0.25, 0.3) is 0 Å². The van der Waals surface area contributed by atoms with Crippen LogP contribution in [0.5, 0.6) is 0 Å². The molecule has 0 bridgehead atoms. The Morgan fingerprint density at radius 3 is 2.53 bits per heavy atom. The van der Waals surface area contributed by atoms with Crippen LogP contribution in [0.1, 0.15) is 17.7 Å². The van der Waals surface area contributed by atoms with Crippen LogP contribution in [0.4, 0.5) is 0 Å². The summed E-state index contributed by atoms with van der Waals surface area (Å²) in [6, 6.07) is 14.1. The molecule has 100 valence electrons. The molecule has 1 aromatic heterocycles. The van der Waals surface area contributed by atoms with E-state index in [1.807, 2.05) is 56.7 Å². The van der Waals surface area contributed by atoms with Crippen LogP contribution in [0, 0.1) is 0 Å². The van der Waals surface area contributed by atoms with E-state index in [-0.39, 0.29) is 5.91 Å². The molecule has 19 heavy (non-hydrogen) atoms. The van der Waals surface area contributed by atoms with Crippen LogP contribution in [0.3, 0.4) is 0 Å². The minimum Gasteiger partial charge on any atom is -0.354 e. The van der Waals surface area contributed by atoms with Gasteiger partial charge in [-0.15, -0.1) is 0 Å². The molecule has 0 aliphatic carbocycles. The van der Waals surface area contributed by atoms with Gasteiger partial charge in [0.1, 0.15) is 0 Å². The maximum Gasteiger partial charge on any atom is 0.222 e. The average molecular weight is 256 g/mol. The molecule has 1 aromatic carbocycles. The lowest BCUT2D eigenvalue weighted by Gasteiger charge is -2.17. The molecule has 3 heteroatoms. The lowest BCUT2D eigenvalue weighted by atomic mass is 10.2. The van der Waals surface area contributed by atoms with E-state index in [1.165, 1.54) is 5.69 Å². The zero-order valence-corrected chi connectivity index (χ0v) is 11.5. The predicted octanol–water partition coefficient (Wildman–Crippen LogP) is 2.62. The molecule has 2 rings (SSSR count). The summed E-state index contributed by atoms with van der Waals surface area (Å²) in [5, 5.41) is 0. The Balaban J connectivity index is 1.84. The maximum absolute atomic E-state index is 12.1. The maximum atomic E-state index is 12.1. The fraction of sp³-hybridized carbons (Fsp3) is 0.312. The lowest BCUT2D eigenvalue weighted by Crippen LogP contribution is -2.26. The molecular weight excluding hydrogens is 236 g/mol. The van der Waals surface area contributed by atoms with Crippen LogP contribution in [0.15, 0.2) is 48.7 Å². The Labute approximate surface area is 114 Å². The molecule has 3 nitrogen and oxygen atoms in total. The second-order valence-electron chi connectivity index (χ2n) is 4.85. The van der Waals surface area contributed by atoms with Crippen molar-refractivity contribution in [1.82, 2.24) is 9.47 Å². The van der Waals surface area contributed by atoms with Gasteiger partial charge in [0.15, 0.2) is 0 Å². The second-order valence-corrected chi connectivity index (χ2v) is 4.85. The molecule has 0 fully saturated rings. The number of rotatable bonds is 5. The van der Waals surface area contributed by atoms with Gasteiger partial charge in [-0.25, -0.2) is 0 Å². The quantitative estimate of drug-likeness (QED) is 0.807. The highest BCUT2D eigenvalue weighted by Gasteiger charge is 2.10. The molecule has 0 radical (unpaired) electrons. The Kier molecular flexibility index (Phi) is 4.39. The highest BCUT2D eigenvalue weighted by Crippen LogP contribution is 2.07. The van der Waals surface area contributed by atoms with E-state index in [1.54, 1.807) is 4.90 Å². The Morgan fingerprint density at radius 2 is 1.89 bits per heavy atom. The molecule has 1 amide bonds. The van der Waals surface area contributed by atoms with Gasteiger partial charge in [-0.1, -0.05) is 30.3 Å². The molecule has 2 aromatic rings. The van der Waals surface area contributed by atoms with Gasteiger partial charge in [0.2, 0.25) is 5.91 Å². The number of nitrogens with zero attached hydrogens (tertiary/aromatic N) is 2. The van der Waals surface area contributed by atoms with E-state index in [9.17, 15) is 4.79 Å². The van der Waals surface area contributed by atoms with E-state index in [0.29, 0.717) is 13.0 Å². The normalized spacial score (nSPS) is 10.4. The van der Waals surface area contributed by atoms with Crippen LogP contribution in [0.25, 0.3) is 0 Å². The third kappa shape index (κ3) is 3.71. The van der Waals surface area contributed by atoms with Gasteiger partial charge in [-0.3, -0.25) is 4.79 Å². The van der Waals surface area contributed by atoms with Crippen molar-refractivity contribution in [3.05, 3.63) is 59.9 Å². The number of hydrogen-bond acceptors (Lipinski definition) is 1. The number of amides is 1. The van der Waals surface area contributed by atoms with E-state index in [2.05, 4.69) is 10.6 Å². The van der Waals surface area contributed by atoms with Crippen molar-refractivity contribution in [2.75, 3.05) is 7.05 Å². The number of carbonyl (C=O) groups excluding carboxylic acids is 1. The lowest BCUT2D eigenvalue weighted by molar-refractivity contribution is -0.130. The molecule has 0 unspecified atom stereocenters. The van der Waals surface area contributed by atoms with Crippen LogP contribution < -0.4 is 0 Å². The highest BCUT2D eigenvalue weighted by atomic mass is 16.2. The number of aryl methyl sites for hydroxylation is 2. The van der Waals surface area contributed by atoms with Gasteiger partial charge in [-0.05, 0) is 24.1 Å². The second kappa shape index (κ2) is 6.23. The minimum absolute atomic E-state index is 0.185. The van der Waals surface area contributed by atoms with Crippen molar-refractivity contribution in [3.63, 3.8) is 0 Å². The van der Waals surface area contributed by atoms with Crippen molar-refractivity contribution in [2.24, 2.45) is 7.05 Å². The molecule has 0 aliphatic rings. The topological polar surface area (TPSA) is 25.2 Å². The van der Waals surface area contributed by atoms with E-state index in [4.69, 9.17) is 0 Å². The van der Waals surface area contributed by atoms with E-state index >= 15 is 0 Å². The minimum atomic E-state index is 0.185. The summed E-state index contributed by atoms with van der Waals surface area (Å²) in [6.45, 7) is 0.673. The first-order valence-corrected chi connectivity index (χ1v) is 6.55. The monoisotopic (exact) mass is 256 g/mol. The summed E-state index contributed by atoms with van der Waals surface area (Å²) < 4.78 is 2.06. The third-order valence-electron chi connectivity index (χ3n) is 3.33. The summed E-state index contributed by atoms with van der Waals surface area (Å²) in [5.41, 5.74) is 2.36. The van der Waals surface area contributed by atoms with Gasteiger partial charge >= 0.3 is 0 Å². The smallest absolute Gasteiger partial charge is 0.222 e. The Hall–Kier alpha value is -2.03. The molecule has 0 N–H and O–H groups in total. The summed E-state index contributed by atoms with van der Waals surface area (Å²) >= 11 is 0. The molecule has 0 saturated carbocycles. The average Bonchev–Trinajstić information content (AvgIpc) is 2.82. The summed E-state index contributed by atoms with van der Waals surface area (Å²) in [6.07, 6.45) is 3.36. The van der Waals surface area contributed by atoms with Crippen molar-refractivity contribution >= 4 is 5.91 Å². The van der Waals surface area contributed by atoms with Crippen molar-refractivity contribution < 1.29 is 4.79 Å². The van der Waals surface area contributed by atoms with Crippen LogP contribution in [-0.4, -0.2) is 22.4 Å². The number of hydrogen-bond donors (Lipinski definition) is 0. The van der Waals surface area contributed by atoms with Gasteiger partial charge in [0.05, 0.1) is 0 Å². The van der Waals surface area contributed by atoms with Gasteiger partial charge in [0, 0.05) is 39.0 Å².